The van der Waals surface area contributed by atoms with Crippen LogP contribution in [0.3, 0.4) is 0 Å². The molecule has 1 aliphatic heterocycles. The standard InChI is InChI=1S/C17H16N2O5S/c1-19-17(21)15(13-5-3-4-6-14(13)25(19,22)23)16(20)18-11-7-9-12(24-2)10-8-11/h3-10,15H,1-2H3,(H,18,20). The fraction of sp³-hybridized carbons (Fsp3) is 0.176. The van der Waals surface area contributed by atoms with Crippen molar-refractivity contribution in [3.05, 3.63) is 54.1 Å². The Morgan fingerprint density at radius 2 is 1.76 bits per heavy atom. The van der Waals surface area contributed by atoms with Gasteiger partial charge >= 0.3 is 0 Å². The molecule has 0 aromatic heterocycles. The highest BCUT2D eigenvalue weighted by Gasteiger charge is 2.44. The van der Waals surface area contributed by atoms with E-state index in [-0.39, 0.29) is 10.5 Å². The summed E-state index contributed by atoms with van der Waals surface area (Å²) in [4.78, 5) is 25.1. The van der Waals surface area contributed by atoms with Crippen LogP contribution in [0.4, 0.5) is 5.69 Å². The van der Waals surface area contributed by atoms with Gasteiger partial charge in [0.1, 0.15) is 11.7 Å². The fourth-order valence-corrected chi connectivity index (χ4v) is 4.05. The number of rotatable bonds is 3. The van der Waals surface area contributed by atoms with Gasteiger partial charge in [-0.15, -0.1) is 0 Å². The van der Waals surface area contributed by atoms with Crippen LogP contribution in [0.15, 0.2) is 53.4 Å². The number of methoxy groups -OCH3 is 1. The molecule has 0 radical (unpaired) electrons. The Morgan fingerprint density at radius 1 is 1.12 bits per heavy atom. The predicted molar refractivity (Wildman–Crippen MR) is 90.8 cm³/mol. The fourth-order valence-electron chi connectivity index (χ4n) is 2.68. The molecule has 0 bridgehead atoms. The molecule has 3 rings (SSSR count). The normalized spacial score (nSPS) is 18.4. The van der Waals surface area contributed by atoms with Crippen LogP contribution < -0.4 is 10.1 Å². The molecular weight excluding hydrogens is 344 g/mol. The Bertz CT molecular complexity index is 938. The maximum absolute atomic E-state index is 12.7. The summed E-state index contributed by atoms with van der Waals surface area (Å²) in [5, 5.41) is 2.65. The van der Waals surface area contributed by atoms with Crippen molar-refractivity contribution in [1.29, 1.82) is 0 Å². The molecule has 1 N–H and O–H groups in total. The SMILES string of the molecule is COc1ccc(NC(=O)C2C(=O)N(C)S(=O)(=O)c3ccccc32)cc1. The lowest BCUT2D eigenvalue weighted by Gasteiger charge is -2.30. The number of amides is 2. The van der Waals surface area contributed by atoms with Crippen molar-refractivity contribution >= 4 is 27.5 Å². The van der Waals surface area contributed by atoms with Gasteiger partial charge in [0, 0.05) is 12.7 Å². The molecule has 0 fully saturated rings. The van der Waals surface area contributed by atoms with E-state index in [0.29, 0.717) is 15.7 Å². The number of sulfonamides is 1. The molecule has 8 heteroatoms. The number of hydrogen-bond acceptors (Lipinski definition) is 5. The van der Waals surface area contributed by atoms with Crippen LogP contribution in [0.1, 0.15) is 11.5 Å². The summed E-state index contributed by atoms with van der Waals surface area (Å²) in [6, 6.07) is 12.6. The first-order valence-electron chi connectivity index (χ1n) is 7.43. The van der Waals surface area contributed by atoms with Crippen LogP contribution in [0.25, 0.3) is 0 Å². The average Bonchev–Trinajstić information content (AvgIpc) is 2.61. The Balaban J connectivity index is 1.97. The van der Waals surface area contributed by atoms with E-state index in [9.17, 15) is 18.0 Å². The summed E-state index contributed by atoms with van der Waals surface area (Å²) in [5.74, 6) is -1.98. The van der Waals surface area contributed by atoms with E-state index < -0.39 is 27.8 Å². The first-order chi connectivity index (χ1) is 11.9. The van der Waals surface area contributed by atoms with Gasteiger partial charge in [0.2, 0.25) is 5.91 Å². The van der Waals surface area contributed by atoms with E-state index in [1.165, 1.54) is 19.2 Å². The van der Waals surface area contributed by atoms with Crippen LogP contribution in [0.2, 0.25) is 0 Å². The molecule has 2 aromatic rings. The van der Waals surface area contributed by atoms with Crippen molar-refractivity contribution in [2.24, 2.45) is 0 Å². The maximum Gasteiger partial charge on any atom is 0.266 e. The summed E-state index contributed by atoms with van der Waals surface area (Å²) in [6.07, 6.45) is 0. The molecule has 0 spiro atoms. The molecule has 2 amide bonds. The second-order valence-corrected chi connectivity index (χ2v) is 7.44. The van der Waals surface area contributed by atoms with E-state index in [2.05, 4.69) is 5.32 Å². The highest BCUT2D eigenvalue weighted by atomic mass is 32.2. The molecule has 1 unspecified atom stereocenters. The zero-order valence-corrected chi connectivity index (χ0v) is 14.4. The van der Waals surface area contributed by atoms with Crippen molar-refractivity contribution in [1.82, 2.24) is 4.31 Å². The van der Waals surface area contributed by atoms with Crippen LogP contribution in [0, 0.1) is 0 Å². The minimum Gasteiger partial charge on any atom is -0.497 e. The predicted octanol–water partition coefficient (Wildman–Crippen LogP) is 1.58. The van der Waals surface area contributed by atoms with Crippen LogP contribution in [-0.4, -0.2) is 38.7 Å². The van der Waals surface area contributed by atoms with Gasteiger partial charge in [-0.25, -0.2) is 12.7 Å². The van der Waals surface area contributed by atoms with E-state index in [1.807, 2.05) is 0 Å². The quantitative estimate of drug-likeness (QED) is 0.839. The maximum atomic E-state index is 12.7. The molecular formula is C17H16N2O5S. The number of nitrogens with zero attached hydrogens (tertiary/aromatic N) is 1. The van der Waals surface area contributed by atoms with E-state index in [4.69, 9.17) is 4.74 Å². The molecule has 1 atom stereocenters. The number of hydrogen-bond donors (Lipinski definition) is 1. The van der Waals surface area contributed by atoms with Gasteiger partial charge in [0.05, 0.1) is 12.0 Å². The zero-order valence-electron chi connectivity index (χ0n) is 13.6. The minimum absolute atomic E-state index is 0.0352. The first kappa shape index (κ1) is 17.0. The van der Waals surface area contributed by atoms with Gasteiger partial charge in [-0.2, -0.15) is 0 Å². The highest BCUT2D eigenvalue weighted by Crippen LogP contribution is 2.34. The zero-order chi connectivity index (χ0) is 18.2. The third-order valence-electron chi connectivity index (χ3n) is 4.05. The second-order valence-electron chi connectivity index (χ2n) is 5.50. The van der Waals surface area contributed by atoms with E-state index >= 15 is 0 Å². The van der Waals surface area contributed by atoms with Crippen molar-refractivity contribution in [3.63, 3.8) is 0 Å². The van der Waals surface area contributed by atoms with Gasteiger partial charge in [-0.1, -0.05) is 18.2 Å². The Hall–Kier alpha value is -2.87. The average molecular weight is 360 g/mol. The molecule has 2 aromatic carbocycles. The van der Waals surface area contributed by atoms with Gasteiger partial charge in [-0.05, 0) is 35.9 Å². The third kappa shape index (κ3) is 2.85. The summed E-state index contributed by atoms with van der Waals surface area (Å²) < 4.78 is 30.4. The molecule has 7 nitrogen and oxygen atoms in total. The molecule has 0 saturated carbocycles. The van der Waals surface area contributed by atoms with Crippen molar-refractivity contribution < 1.29 is 22.7 Å². The lowest BCUT2D eigenvalue weighted by Crippen LogP contribution is -2.45. The summed E-state index contributed by atoms with van der Waals surface area (Å²) in [7, 11) is -1.25. The topological polar surface area (TPSA) is 92.8 Å². The number of likely N-dealkylation sites (N-methyl/N-ethyl adjacent to an activating group) is 1. The van der Waals surface area contributed by atoms with Gasteiger partial charge in [0.25, 0.3) is 15.9 Å². The van der Waals surface area contributed by atoms with Crippen molar-refractivity contribution in [3.8, 4) is 5.75 Å². The smallest absolute Gasteiger partial charge is 0.266 e. The Kier molecular flexibility index (Phi) is 4.22. The van der Waals surface area contributed by atoms with Gasteiger partial charge < -0.3 is 10.1 Å². The van der Waals surface area contributed by atoms with Crippen molar-refractivity contribution in [2.45, 2.75) is 10.8 Å². The molecule has 1 heterocycles. The summed E-state index contributed by atoms with van der Waals surface area (Å²) in [5.41, 5.74) is 0.656. The lowest BCUT2D eigenvalue weighted by atomic mass is 9.96. The largest absolute Gasteiger partial charge is 0.497 e. The highest BCUT2D eigenvalue weighted by molar-refractivity contribution is 7.89. The van der Waals surface area contributed by atoms with Crippen LogP contribution in [-0.2, 0) is 19.6 Å². The first-order valence-corrected chi connectivity index (χ1v) is 8.87. The second kappa shape index (κ2) is 6.21. The van der Waals surface area contributed by atoms with Crippen molar-refractivity contribution in [2.75, 3.05) is 19.5 Å². The lowest BCUT2D eigenvalue weighted by molar-refractivity contribution is -0.132. The minimum atomic E-state index is -3.93. The number of nitrogens with one attached hydrogen (secondary N) is 1. The number of ether oxygens (including phenoxy) is 1. The Morgan fingerprint density at radius 3 is 2.40 bits per heavy atom. The molecule has 0 saturated heterocycles. The molecule has 130 valence electrons. The van der Waals surface area contributed by atoms with Gasteiger partial charge in [0.15, 0.2) is 0 Å². The van der Waals surface area contributed by atoms with Crippen LogP contribution >= 0.6 is 0 Å². The molecule has 25 heavy (non-hydrogen) atoms. The molecule has 0 aliphatic carbocycles. The van der Waals surface area contributed by atoms with Crippen LogP contribution in [0.5, 0.6) is 5.75 Å². The monoisotopic (exact) mass is 360 g/mol. The van der Waals surface area contributed by atoms with E-state index in [0.717, 1.165) is 7.05 Å². The summed E-state index contributed by atoms with van der Waals surface area (Å²) in [6.45, 7) is 0. The van der Waals surface area contributed by atoms with E-state index in [1.54, 1.807) is 36.4 Å². The summed E-state index contributed by atoms with van der Waals surface area (Å²) >= 11 is 0. The Labute approximate surface area is 145 Å². The number of carbonyl (C=O) groups is 2. The number of anilines is 1. The molecule has 1 aliphatic rings. The van der Waals surface area contributed by atoms with Gasteiger partial charge in [-0.3, -0.25) is 9.59 Å². The number of carbonyl (C=O) groups excluding carboxylic acids is 2. The third-order valence-corrected chi connectivity index (χ3v) is 5.87. The number of benzene rings is 2. The number of fused-ring (bicyclic) bond motifs is 1.